The van der Waals surface area contributed by atoms with E-state index >= 15 is 0 Å². The Hall–Kier alpha value is -3.93. The van der Waals surface area contributed by atoms with Crippen molar-refractivity contribution < 1.29 is 24.2 Å². The third-order valence-corrected chi connectivity index (χ3v) is 4.23. The van der Waals surface area contributed by atoms with Crippen molar-refractivity contribution in [1.29, 1.82) is 5.26 Å². The number of fused-ring (bicyclic) bond motifs is 2. The fourth-order valence-electron chi connectivity index (χ4n) is 3.10. The Morgan fingerprint density at radius 3 is 2.62 bits per heavy atom. The highest BCUT2D eigenvalue weighted by Crippen LogP contribution is 2.49. The number of nitro groups is 1. The third kappa shape index (κ3) is 2.24. The molecule has 0 saturated carbocycles. The van der Waals surface area contributed by atoms with Gasteiger partial charge in [-0.2, -0.15) is 5.26 Å². The molecule has 3 N–H and O–H groups in total. The molecular formula is C17H11N3O6. The van der Waals surface area contributed by atoms with Gasteiger partial charge in [-0.3, -0.25) is 10.1 Å². The van der Waals surface area contributed by atoms with Crippen molar-refractivity contribution in [3.8, 4) is 29.1 Å². The maximum Gasteiger partial charge on any atom is 0.277 e. The topological polar surface area (TPSA) is 141 Å². The Bertz CT molecular complexity index is 1020. The van der Waals surface area contributed by atoms with Crippen LogP contribution in [0.15, 0.2) is 41.8 Å². The molecule has 0 amide bonds. The molecular weight excluding hydrogens is 342 g/mol. The first-order chi connectivity index (χ1) is 12.5. The second-order valence-corrected chi connectivity index (χ2v) is 5.67. The van der Waals surface area contributed by atoms with E-state index in [1.165, 1.54) is 30.3 Å². The molecule has 2 aliphatic heterocycles. The zero-order valence-electron chi connectivity index (χ0n) is 13.1. The van der Waals surface area contributed by atoms with E-state index in [2.05, 4.69) is 0 Å². The van der Waals surface area contributed by atoms with Gasteiger partial charge in [0.05, 0.1) is 16.9 Å². The summed E-state index contributed by atoms with van der Waals surface area (Å²) in [6, 6.07) is 8.97. The first-order valence-electron chi connectivity index (χ1n) is 7.48. The van der Waals surface area contributed by atoms with Crippen LogP contribution in [0, 0.1) is 21.4 Å². The molecule has 0 fully saturated rings. The van der Waals surface area contributed by atoms with Gasteiger partial charge in [-0.05, 0) is 12.1 Å². The van der Waals surface area contributed by atoms with Crippen LogP contribution in [0.5, 0.6) is 23.0 Å². The largest absolute Gasteiger partial charge is 0.508 e. The van der Waals surface area contributed by atoms with E-state index in [-0.39, 0.29) is 46.7 Å². The van der Waals surface area contributed by atoms with E-state index in [0.717, 1.165) is 0 Å². The van der Waals surface area contributed by atoms with Gasteiger partial charge in [0.25, 0.3) is 5.69 Å². The summed E-state index contributed by atoms with van der Waals surface area (Å²) in [5.74, 6) is -0.265. The summed E-state index contributed by atoms with van der Waals surface area (Å²) in [6.07, 6.45) is 0. The lowest BCUT2D eigenvalue weighted by atomic mass is 9.82. The third-order valence-electron chi connectivity index (χ3n) is 4.23. The molecule has 2 aromatic carbocycles. The van der Waals surface area contributed by atoms with Crippen molar-refractivity contribution in [2.75, 3.05) is 6.79 Å². The Morgan fingerprint density at radius 2 is 1.92 bits per heavy atom. The number of hydrogen-bond acceptors (Lipinski definition) is 8. The van der Waals surface area contributed by atoms with Crippen LogP contribution in [0.4, 0.5) is 5.69 Å². The number of hydrogen-bond donors (Lipinski definition) is 2. The zero-order chi connectivity index (χ0) is 18.4. The van der Waals surface area contributed by atoms with E-state index in [1.807, 2.05) is 6.07 Å². The number of benzene rings is 2. The van der Waals surface area contributed by atoms with Crippen molar-refractivity contribution in [1.82, 2.24) is 0 Å². The second-order valence-electron chi connectivity index (χ2n) is 5.67. The molecule has 4 rings (SSSR count). The van der Waals surface area contributed by atoms with Gasteiger partial charge in [0.15, 0.2) is 11.5 Å². The lowest BCUT2D eigenvalue weighted by Gasteiger charge is -2.26. The van der Waals surface area contributed by atoms with E-state index in [9.17, 15) is 20.5 Å². The van der Waals surface area contributed by atoms with Crippen LogP contribution in [0.3, 0.4) is 0 Å². The number of phenolic OH excluding ortho intramolecular Hbond substituents is 1. The maximum absolute atomic E-state index is 11.6. The van der Waals surface area contributed by atoms with Gasteiger partial charge < -0.3 is 25.1 Å². The predicted molar refractivity (Wildman–Crippen MR) is 86.6 cm³/mol. The van der Waals surface area contributed by atoms with Gasteiger partial charge in [-0.25, -0.2) is 0 Å². The summed E-state index contributed by atoms with van der Waals surface area (Å²) in [5.41, 5.74) is 6.33. The molecule has 2 aromatic rings. The van der Waals surface area contributed by atoms with Crippen molar-refractivity contribution in [2.24, 2.45) is 5.73 Å². The quantitative estimate of drug-likeness (QED) is 0.618. The van der Waals surface area contributed by atoms with Crippen molar-refractivity contribution in [2.45, 2.75) is 5.92 Å². The molecule has 0 unspecified atom stereocenters. The molecule has 130 valence electrons. The summed E-state index contributed by atoms with van der Waals surface area (Å²) in [7, 11) is 0. The van der Waals surface area contributed by atoms with Crippen LogP contribution in [0.1, 0.15) is 17.0 Å². The van der Waals surface area contributed by atoms with Crippen LogP contribution in [-0.4, -0.2) is 16.8 Å². The molecule has 9 nitrogen and oxygen atoms in total. The van der Waals surface area contributed by atoms with Crippen LogP contribution in [0.2, 0.25) is 0 Å². The molecule has 2 heterocycles. The van der Waals surface area contributed by atoms with Gasteiger partial charge in [0, 0.05) is 17.2 Å². The molecule has 0 radical (unpaired) electrons. The lowest BCUT2D eigenvalue weighted by molar-refractivity contribution is -0.385. The van der Waals surface area contributed by atoms with Gasteiger partial charge in [-0.15, -0.1) is 0 Å². The maximum atomic E-state index is 11.6. The number of nitriles is 1. The minimum atomic E-state index is -0.848. The minimum Gasteiger partial charge on any atom is -0.508 e. The number of nitrogens with zero attached hydrogens (tertiary/aromatic N) is 2. The summed E-state index contributed by atoms with van der Waals surface area (Å²) < 4.78 is 15.9. The van der Waals surface area contributed by atoms with Crippen molar-refractivity contribution in [3.05, 3.63) is 63.0 Å². The van der Waals surface area contributed by atoms with Crippen molar-refractivity contribution >= 4 is 5.69 Å². The predicted octanol–water partition coefficient (Wildman–Crippen LogP) is 2.25. The second kappa shape index (κ2) is 5.56. The molecule has 1 atom stereocenters. The van der Waals surface area contributed by atoms with Crippen LogP contribution >= 0.6 is 0 Å². The smallest absolute Gasteiger partial charge is 0.277 e. The number of rotatable bonds is 2. The Kier molecular flexibility index (Phi) is 3.33. The zero-order valence-corrected chi connectivity index (χ0v) is 13.1. The van der Waals surface area contributed by atoms with Crippen molar-refractivity contribution in [3.63, 3.8) is 0 Å². The van der Waals surface area contributed by atoms with Crippen LogP contribution < -0.4 is 19.9 Å². The van der Waals surface area contributed by atoms with E-state index in [1.54, 1.807) is 0 Å². The van der Waals surface area contributed by atoms with Crippen LogP contribution in [-0.2, 0) is 0 Å². The fraction of sp³-hybridized carbons (Fsp3) is 0.118. The van der Waals surface area contributed by atoms with Crippen LogP contribution in [0.25, 0.3) is 0 Å². The molecule has 0 spiro atoms. The molecule has 9 heteroatoms. The van der Waals surface area contributed by atoms with E-state index in [0.29, 0.717) is 11.3 Å². The number of nitrogens with two attached hydrogens (primary N) is 1. The molecule has 0 bridgehead atoms. The summed E-state index contributed by atoms with van der Waals surface area (Å²) >= 11 is 0. The Balaban J connectivity index is 2.00. The molecule has 26 heavy (non-hydrogen) atoms. The van der Waals surface area contributed by atoms with Gasteiger partial charge in [0.2, 0.25) is 12.7 Å². The molecule has 0 saturated heterocycles. The number of aromatic hydroxyl groups is 1. The Morgan fingerprint density at radius 1 is 1.19 bits per heavy atom. The summed E-state index contributed by atoms with van der Waals surface area (Å²) in [6.45, 7) is -0.0444. The van der Waals surface area contributed by atoms with Gasteiger partial charge in [0.1, 0.15) is 23.1 Å². The normalized spacial score (nSPS) is 17.3. The number of phenols is 1. The molecule has 2 aliphatic rings. The summed E-state index contributed by atoms with van der Waals surface area (Å²) in [4.78, 5) is 11.1. The van der Waals surface area contributed by atoms with E-state index in [4.69, 9.17) is 19.9 Å². The standard InChI is InChI=1S/C17H11N3O6/c18-6-11-16(9-2-1-8(21)3-13(9)26-17(11)19)10-4-14-15(25-7-24-14)5-12(10)20(22)23/h1-5,16,21H,7,19H2/t16-/m1/s1. The molecule has 0 aliphatic carbocycles. The highest BCUT2D eigenvalue weighted by atomic mass is 16.7. The minimum absolute atomic E-state index is 0.0326. The lowest BCUT2D eigenvalue weighted by Crippen LogP contribution is -2.21. The van der Waals surface area contributed by atoms with Gasteiger partial charge >= 0.3 is 0 Å². The highest BCUT2D eigenvalue weighted by molar-refractivity contribution is 5.64. The first-order valence-corrected chi connectivity index (χ1v) is 7.48. The Labute approximate surface area is 146 Å². The number of ether oxygens (including phenoxy) is 3. The average Bonchev–Trinajstić information content (AvgIpc) is 3.06. The average molecular weight is 353 g/mol. The SMILES string of the molecule is N#CC1=C(N)Oc2cc(O)ccc2[C@@H]1c1cc2c(cc1[N+](=O)[O-])OCO2. The fourth-order valence-corrected chi connectivity index (χ4v) is 3.10. The first kappa shape index (κ1) is 15.6. The van der Waals surface area contributed by atoms with E-state index < -0.39 is 10.8 Å². The monoisotopic (exact) mass is 353 g/mol. The van der Waals surface area contributed by atoms with Gasteiger partial charge in [-0.1, -0.05) is 6.07 Å². The number of allylic oxidation sites excluding steroid dienone is 1. The number of nitro benzene ring substituents is 1. The molecule has 0 aromatic heterocycles. The highest BCUT2D eigenvalue weighted by Gasteiger charge is 2.37. The summed E-state index contributed by atoms with van der Waals surface area (Å²) in [5, 5.41) is 30.8.